The molecule has 2 unspecified atom stereocenters. The molecule has 3 N–H and O–H groups in total. The Labute approximate surface area is 76.5 Å². The van der Waals surface area contributed by atoms with Gasteiger partial charge in [0, 0.05) is 18.3 Å². The van der Waals surface area contributed by atoms with E-state index in [4.69, 9.17) is 21.8 Å². The summed E-state index contributed by atoms with van der Waals surface area (Å²) >= 11 is 5.42. The summed E-state index contributed by atoms with van der Waals surface area (Å²) in [5.41, 5.74) is 0. The average Bonchev–Trinajstić information content (AvgIpc) is 2.11. The molecule has 4 nitrogen and oxygen atoms in total. The van der Waals surface area contributed by atoms with Crippen molar-refractivity contribution in [3.8, 4) is 0 Å². The quantitative estimate of drug-likeness (QED) is 0.510. The molecule has 0 saturated carbocycles. The summed E-state index contributed by atoms with van der Waals surface area (Å²) in [6, 6.07) is 0. The first-order chi connectivity index (χ1) is 5.61. The molecule has 72 valence electrons. The van der Waals surface area contributed by atoms with Gasteiger partial charge in [0.25, 0.3) is 0 Å². The predicted molar refractivity (Wildman–Crippen MR) is 46.0 cm³/mol. The van der Waals surface area contributed by atoms with Crippen molar-refractivity contribution in [2.45, 2.75) is 13.0 Å². The molecule has 1 amide bonds. The van der Waals surface area contributed by atoms with E-state index in [1.165, 1.54) is 0 Å². The van der Waals surface area contributed by atoms with Crippen LogP contribution in [0.2, 0.25) is 0 Å². The van der Waals surface area contributed by atoms with Gasteiger partial charge in [-0.25, -0.2) is 0 Å². The maximum Gasteiger partial charge on any atom is 0.224 e. The second kappa shape index (κ2) is 6.22. The fourth-order valence-electron chi connectivity index (χ4n) is 0.527. The average molecular weight is 196 g/mol. The highest BCUT2D eigenvalue weighted by molar-refractivity contribution is 6.19. The van der Waals surface area contributed by atoms with Crippen LogP contribution in [0.3, 0.4) is 0 Å². The largest absolute Gasteiger partial charge is 0.394 e. The minimum atomic E-state index is -0.892. The molecule has 0 radical (unpaired) electrons. The van der Waals surface area contributed by atoms with E-state index >= 15 is 0 Å². The monoisotopic (exact) mass is 195 g/mol. The summed E-state index contributed by atoms with van der Waals surface area (Å²) in [5, 5.41) is 19.7. The Morgan fingerprint density at radius 3 is 2.67 bits per heavy atom. The van der Waals surface area contributed by atoms with Gasteiger partial charge < -0.3 is 15.5 Å². The topological polar surface area (TPSA) is 69.6 Å². The Bertz CT molecular complexity index is 143. The third kappa shape index (κ3) is 4.54. The van der Waals surface area contributed by atoms with Gasteiger partial charge in [0.2, 0.25) is 5.91 Å². The molecule has 0 rings (SSSR count). The molecule has 0 saturated heterocycles. The third-order valence-corrected chi connectivity index (χ3v) is 1.86. The maximum absolute atomic E-state index is 11.0. The van der Waals surface area contributed by atoms with Crippen molar-refractivity contribution >= 4 is 17.5 Å². The van der Waals surface area contributed by atoms with E-state index in [0.29, 0.717) is 0 Å². The van der Waals surface area contributed by atoms with Crippen molar-refractivity contribution in [1.82, 2.24) is 5.32 Å². The number of hydrogen-bond acceptors (Lipinski definition) is 3. The van der Waals surface area contributed by atoms with Crippen LogP contribution in [0.25, 0.3) is 0 Å². The van der Waals surface area contributed by atoms with Crippen LogP contribution in [-0.2, 0) is 4.79 Å². The first-order valence-electron chi connectivity index (χ1n) is 3.74. The lowest BCUT2D eigenvalue weighted by molar-refractivity contribution is -0.124. The number of aliphatic hydroxyl groups is 2. The number of alkyl halides is 1. The molecule has 0 spiro atoms. The standard InChI is InChI=1S/C7H14ClNO3/c1-5(2-8)7(12)9-3-6(11)4-10/h5-6,10-11H,2-4H2,1H3,(H,9,12). The van der Waals surface area contributed by atoms with Crippen LogP contribution in [0.4, 0.5) is 0 Å². The number of aliphatic hydroxyl groups excluding tert-OH is 2. The van der Waals surface area contributed by atoms with Gasteiger partial charge in [0.15, 0.2) is 0 Å². The number of halogens is 1. The fraction of sp³-hybridized carbons (Fsp3) is 0.857. The molecule has 0 aliphatic rings. The Hall–Kier alpha value is -0.320. The van der Waals surface area contributed by atoms with Crippen molar-refractivity contribution in [1.29, 1.82) is 0 Å². The summed E-state index contributed by atoms with van der Waals surface area (Å²) in [5.74, 6) is -0.226. The summed E-state index contributed by atoms with van der Waals surface area (Å²) < 4.78 is 0. The summed E-state index contributed by atoms with van der Waals surface area (Å²) in [4.78, 5) is 11.0. The number of amides is 1. The van der Waals surface area contributed by atoms with E-state index < -0.39 is 6.10 Å². The highest BCUT2D eigenvalue weighted by atomic mass is 35.5. The Balaban J connectivity index is 3.56. The molecular weight excluding hydrogens is 182 g/mol. The summed E-state index contributed by atoms with van der Waals surface area (Å²) in [6.07, 6.45) is -0.892. The van der Waals surface area contributed by atoms with Crippen molar-refractivity contribution in [2.24, 2.45) is 5.92 Å². The summed E-state index contributed by atoms with van der Waals surface area (Å²) in [6.45, 7) is 1.40. The normalized spacial score (nSPS) is 15.3. The van der Waals surface area contributed by atoms with Crippen molar-refractivity contribution in [3.05, 3.63) is 0 Å². The molecule has 0 aliphatic heterocycles. The highest BCUT2D eigenvalue weighted by Gasteiger charge is 2.11. The fourth-order valence-corrected chi connectivity index (χ4v) is 0.667. The van der Waals surface area contributed by atoms with E-state index in [2.05, 4.69) is 5.32 Å². The predicted octanol–water partition coefficient (Wildman–Crippen LogP) is -0.669. The second-order valence-electron chi connectivity index (χ2n) is 2.64. The first kappa shape index (κ1) is 11.7. The van der Waals surface area contributed by atoms with Gasteiger partial charge in [0.05, 0.1) is 12.7 Å². The smallest absolute Gasteiger partial charge is 0.224 e. The molecule has 0 aromatic carbocycles. The van der Waals surface area contributed by atoms with Gasteiger partial charge in [0.1, 0.15) is 0 Å². The lowest BCUT2D eigenvalue weighted by Crippen LogP contribution is -2.37. The van der Waals surface area contributed by atoms with E-state index in [9.17, 15) is 4.79 Å². The van der Waals surface area contributed by atoms with Gasteiger partial charge in [-0.1, -0.05) is 6.92 Å². The summed E-state index contributed by atoms with van der Waals surface area (Å²) in [7, 11) is 0. The Morgan fingerprint density at radius 1 is 1.67 bits per heavy atom. The van der Waals surface area contributed by atoms with Gasteiger partial charge in [-0.15, -0.1) is 11.6 Å². The number of nitrogens with one attached hydrogen (secondary N) is 1. The molecule has 5 heteroatoms. The zero-order chi connectivity index (χ0) is 9.56. The highest BCUT2D eigenvalue weighted by Crippen LogP contribution is 1.96. The molecule has 0 aromatic heterocycles. The molecule has 0 heterocycles. The van der Waals surface area contributed by atoms with Crippen LogP contribution in [0.1, 0.15) is 6.92 Å². The van der Waals surface area contributed by atoms with Crippen molar-refractivity contribution in [2.75, 3.05) is 19.0 Å². The minimum absolute atomic E-state index is 0.0660. The van der Waals surface area contributed by atoms with Gasteiger partial charge in [-0.3, -0.25) is 4.79 Å². The lowest BCUT2D eigenvalue weighted by atomic mass is 10.2. The zero-order valence-corrected chi connectivity index (χ0v) is 7.71. The van der Waals surface area contributed by atoms with Gasteiger partial charge >= 0.3 is 0 Å². The van der Waals surface area contributed by atoms with Crippen LogP contribution >= 0.6 is 11.6 Å². The Kier molecular flexibility index (Phi) is 6.06. The zero-order valence-electron chi connectivity index (χ0n) is 6.96. The van der Waals surface area contributed by atoms with Crippen LogP contribution < -0.4 is 5.32 Å². The molecular formula is C7H14ClNO3. The van der Waals surface area contributed by atoms with Crippen molar-refractivity contribution in [3.63, 3.8) is 0 Å². The van der Waals surface area contributed by atoms with Crippen LogP contribution in [0.5, 0.6) is 0 Å². The van der Waals surface area contributed by atoms with Gasteiger partial charge in [-0.05, 0) is 0 Å². The number of rotatable bonds is 5. The van der Waals surface area contributed by atoms with Crippen LogP contribution in [0.15, 0.2) is 0 Å². The second-order valence-corrected chi connectivity index (χ2v) is 2.95. The van der Waals surface area contributed by atoms with E-state index in [0.717, 1.165) is 0 Å². The van der Waals surface area contributed by atoms with E-state index in [1.807, 2.05) is 0 Å². The first-order valence-corrected chi connectivity index (χ1v) is 4.27. The number of carbonyl (C=O) groups is 1. The maximum atomic E-state index is 11.0. The number of hydrogen-bond donors (Lipinski definition) is 3. The molecule has 0 aliphatic carbocycles. The molecule has 12 heavy (non-hydrogen) atoms. The van der Waals surface area contributed by atoms with Crippen LogP contribution in [-0.4, -0.2) is 41.3 Å². The van der Waals surface area contributed by atoms with E-state index in [-0.39, 0.29) is 30.9 Å². The number of carbonyl (C=O) groups excluding carboxylic acids is 1. The van der Waals surface area contributed by atoms with Gasteiger partial charge in [-0.2, -0.15) is 0 Å². The molecule has 0 aromatic rings. The Morgan fingerprint density at radius 2 is 2.25 bits per heavy atom. The SMILES string of the molecule is CC(CCl)C(=O)NCC(O)CO. The molecule has 2 atom stereocenters. The third-order valence-electron chi connectivity index (χ3n) is 1.40. The van der Waals surface area contributed by atoms with Crippen LogP contribution in [0, 0.1) is 5.92 Å². The minimum Gasteiger partial charge on any atom is -0.394 e. The van der Waals surface area contributed by atoms with Crippen molar-refractivity contribution < 1.29 is 15.0 Å². The lowest BCUT2D eigenvalue weighted by Gasteiger charge is -2.11. The van der Waals surface area contributed by atoms with E-state index in [1.54, 1.807) is 6.92 Å². The molecule has 0 fully saturated rings. The molecule has 0 bridgehead atoms.